The summed E-state index contributed by atoms with van der Waals surface area (Å²) >= 11 is 0. The summed E-state index contributed by atoms with van der Waals surface area (Å²) < 4.78 is 48.8. The van der Waals surface area contributed by atoms with Crippen molar-refractivity contribution in [2.75, 3.05) is 18.5 Å². The Labute approximate surface area is 579 Å². The first kappa shape index (κ1) is 74.4. The number of hydrogen-bond acceptors (Lipinski definition) is 21. The van der Waals surface area contributed by atoms with Gasteiger partial charge in [-0.3, -0.25) is 28.8 Å². The lowest BCUT2D eigenvalue weighted by molar-refractivity contribution is -0.346. The minimum absolute atomic E-state index is 0.0221. The maximum Gasteiger partial charge on any atom is 0.508 e. The lowest BCUT2D eigenvalue weighted by Gasteiger charge is -2.67. The summed E-state index contributed by atoms with van der Waals surface area (Å²) in [6.45, 7) is 12.5. The minimum Gasteiger partial charge on any atom is -0.456 e. The molecular weight excluding hydrogens is 1290 g/mol. The molecule has 1 aliphatic heterocycles. The molecule has 2 saturated carbocycles. The second-order valence-electron chi connectivity index (χ2n) is 27.4. The second-order valence-corrected chi connectivity index (χ2v) is 27.4. The van der Waals surface area contributed by atoms with Gasteiger partial charge in [-0.15, -0.1) is 0 Å². The van der Waals surface area contributed by atoms with Gasteiger partial charge in [0.1, 0.15) is 54.3 Å². The van der Waals surface area contributed by atoms with E-state index in [0.29, 0.717) is 30.5 Å². The Hall–Kier alpha value is -9.82. The van der Waals surface area contributed by atoms with Gasteiger partial charge in [0.25, 0.3) is 5.91 Å². The smallest absolute Gasteiger partial charge is 0.456 e. The number of nitrogens with one attached hydrogen (secondary N) is 4. The summed E-state index contributed by atoms with van der Waals surface area (Å²) in [6, 6.07) is 35.3. The Morgan fingerprint density at radius 3 is 1.89 bits per heavy atom. The number of amides is 4. The topological polar surface area (TPSA) is 359 Å². The van der Waals surface area contributed by atoms with Crippen molar-refractivity contribution in [1.82, 2.24) is 16.0 Å². The van der Waals surface area contributed by atoms with E-state index in [-0.39, 0.29) is 47.2 Å². The third-order valence-corrected chi connectivity index (χ3v) is 19.1. The molecular formula is C75H87N5O20. The quantitative estimate of drug-likeness (QED) is 0.0134. The molecule has 25 nitrogen and oxygen atoms in total. The van der Waals surface area contributed by atoms with Crippen LogP contribution in [0.5, 0.6) is 0 Å². The fourth-order valence-electron chi connectivity index (χ4n) is 14.1. The molecule has 100 heavy (non-hydrogen) atoms. The zero-order chi connectivity index (χ0) is 72.5. The fraction of sp³-hybridized carbons (Fsp3) is 0.440. The number of Topliss-reactive ketones (excluding diaryl/α,β-unsaturated/α-hetero) is 1. The van der Waals surface area contributed by atoms with Gasteiger partial charge in [0, 0.05) is 49.8 Å². The van der Waals surface area contributed by atoms with E-state index in [9.17, 15) is 53.4 Å². The van der Waals surface area contributed by atoms with E-state index in [4.69, 9.17) is 43.6 Å². The molecule has 3 aliphatic carbocycles. The highest BCUT2D eigenvalue weighted by atomic mass is 16.7. The number of alkyl carbamates (subject to hydrolysis) is 1. The molecule has 25 heteroatoms. The number of rotatable bonds is 24. The lowest BCUT2D eigenvalue weighted by Crippen LogP contribution is -2.82. The first-order valence-corrected chi connectivity index (χ1v) is 33.2. The molecule has 532 valence electrons. The summed E-state index contributed by atoms with van der Waals surface area (Å²) in [5.41, 5.74) is -1.93. The zero-order valence-electron chi connectivity index (χ0n) is 57.3. The number of aliphatic hydroxyl groups excluding tert-OH is 1. The van der Waals surface area contributed by atoms with Crippen LogP contribution in [0.25, 0.3) is 0 Å². The van der Waals surface area contributed by atoms with Crippen LogP contribution in [-0.4, -0.2) is 149 Å². The normalized spacial score (nSPS) is 24.7. The molecule has 9 rings (SSSR count). The van der Waals surface area contributed by atoms with E-state index in [0.717, 1.165) is 19.4 Å². The van der Waals surface area contributed by atoms with Crippen LogP contribution in [0.15, 0.2) is 157 Å². The van der Waals surface area contributed by atoms with E-state index in [2.05, 4.69) is 21.3 Å². The van der Waals surface area contributed by atoms with Crippen molar-refractivity contribution in [3.63, 3.8) is 0 Å². The van der Waals surface area contributed by atoms with Crippen molar-refractivity contribution < 1.29 is 96.1 Å². The summed E-state index contributed by atoms with van der Waals surface area (Å²) in [5.74, 6) is -8.85. The molecule has 5 aromatic carbocycles. The van der Waals surface area contributed by atoms with Crippen molar-refractivity contribution in [2.45, 2.75) is 179 Å². The molecule has 1 saturated heterocycles. The molecule has 4 aliphatic rings. The average Bonchev–Trinajstić information content (AvgIpc) is 0.668. The summed E-state index contributed by atoms with van der Waals surface area (Å²) in [5, 5.41) is 37.3. The monoisotopic (exact) mass is 1380 g/mol. The first-order valence-electron chi connectivity index (χ1n) is 33.2. The maximum atomic E-state index is 16.5. The summed E-state index contributed by atoms with van der Waals surface area (Å²) in [6.07, 6.45) is -12.7. The number of aliphatic hydroxyl groups is 2. The first-order chi connectivity index (χ1) is 47.4. The Morgan fingerprint density at radius 1 is 0.700 bits per heavy atom. The molecule has 2 bridgehead atoms. The number of fused-ring (bicyclic) bond motifs is 5. The van der Waals surface area contributed by atoms with Crippen LogP contribution < -0.4 is 27.0 Å². The van der Waals surface area contributed by atoms with E-state index in [1.807, 2.05) is 6.07 Å². The van der Waals surface area contributed by atoms with Crippen molar-refractivity contribution >= 4 is 65.3 Å². The molecule has 0 spiro atoms. The van der Waals surface area contributed by atoms with Crippen LogP contribution >= 0.6 is 0 Å². The number of nitrogens with two attached hydrogens (primary N) is 1. The minimum atomic E-state index is -2.58. The van der Waals surface area contributed by atoms with Crippen LogP contribution in [0.4, 0.5) is 15.3 Å². The standard InChI is InChI=1S/C75H87N5O20/c1-43-54(96-68(89)59(83)58(48-26-16-11-17-27-48)80-64(85)49-28-18-12-19-29-49)40-75(92)63(98-67(88)50-30-20-13-21-31-50)61-73(9,62(84)60(95-44(2)81)57(43)72(75,7)8)55(39-56-74(61,42-94-56)99-45(3)82)97-70(91)93-41-47-33-35-51(36-34-47)77-65(86)52(32-22-23-37-76)78-66(87)53(38-46-24-14-10-15-25-46)79-69(90)100-71(4,5)6/h10-21,24-31,33-36,52-56,58-61,63,83,92H,22-23,32,37-42,76H2,1-9H3,(H,77,86)(H,78,87)(H,79,90)(H,80,85)/t52-,53?,54?,55?,56?,58?,59?,60?,61?,63?,73+,74?,75?/m0/s1. The molecule has 11 unspecified atom stereocenters. The molecule has 1 heterocycles. The number of hydrogen-bond donors (Lipinski definition) is 7. The molecule has 0 radical (unpaired) electrons. The number of anilines is 1. The zero-order valence-corrected chi connectivity index (χ0v) is 57.3. The number of carbonyl (C=O) groups excluding carboxylic acids is 10. The van der Waals surface area contributed by atoms with Gasteiger partial charge >= 0.3 is 36.1 Å². The highest BCUT2D eigenvalue weighted by Gasteiger charge is 2.79. The summed E-state index contributed by atoms with van der Waals surface area (Å²) in [4.78, 5) is 143. The second kappa shape index (κ2) is 31.2. The van der Waals surface area contributed by atoms with Crippen LogP contribution in [-0.2, 0) is 79.7 Å². The van der Waals surface area contributed by atoms with Gasteiger partial charge in [-0.25, -0.2) is 19.2 Å². The van der Waals surface area contributed by atoms with Crippen LogP contribution in [0.1, 0.15) is 138 Å². The highest BCUT2D eigenvalue weighted by molar-refractivity contribution is 5.99. The van der Waals surface area contributed by atoms with Gasteiger partial charge in [0.2, 0.25) is 11.8 Å². The number of esters is 4. The van der Waals surface area contributed by atoms with Gasteiger partial charge in [-0.05, 0) is 125 Å². The number of benzene rings is 5. The summed E-state index contributed by atoms with van der Waals surface area (Å²) in [7, 11) is 0. The van der Waals surface area contributed by atoms with E-state index < -0.39 is 168 Å². The van der Waals surface area contributed by atoms with Crippen LogP contribution in [0.3, 0.4) is 0 Å². The Bertz CT molecular complexity index is 3850. The molecule has 0 aromatic heterocycles. The predicted molar refractivity (Wildman–Crippen MR) is 360 cm³/mol. The lowest BCUT2D eigenvalue weighted by atomic mass is 9.44. The van der Waals surface area contributed by atoms with Gasteiger partial charge < -0.3 is 75.1 Å². The predicted octanol–water partition coefficient (Wildman–Crippen LogP) is 7.79. The Morgan fingerprint density at radius 2 is 1.31 bits per heavy atom. The van der Waals surface area contributed by atoms with Crippen molar-refractivity contribution in [2.24, 2.45) is 22.5 Å². The van der Waals surface area contributed by atoms with Crippen LogP contribution in [0.2, 0.25) is 0 Å². The molecule has 3 fully saturated rings. The number of ether oxygens (including phenoxy) is 8. The SMILES string of the molecule is CC(=O)OC1C(=O)[C@]2(C)C(OC(=O)OCc3ccc(NC(=O)[C@H](CCCCN)NC(=O)C(Cc4ccccc4)NC(=O)OC(C)(C)C)cc3)CC3OCC3(OC(C)=O)C2C(OC(=O)c2ccccc2)C2(O)CC(OC(=O)C(O)C(NC(=O)c3ccccc3)c3ccccc3)C(C)=C1C2(C)C. The van der Waals surface area contributed by atoms with Gasteiger partial charge in [-0.1, -0.05) is 123 Å². The van der Waals surface area contributed by atoms with Crippen molar-refractivity contribution in [3.8, 4) is 0 Å². The maximum absolute atomic E-state index is 16.5. The number of ketones is 1. The highest BCUT2D eigenvalue weighted by Crippen LogP contribution is 2.65. The van der Waals surface area contributed by atoms with Crippen molar-refractivity contribution in [1.29, 1.82) is 0 Å². The van der Waals surface area contributed by atoms with Crippen molar-refractivity contribution in [3.05, 3.63) is 185 Å². The van der Waals surface area contributed by atoms with E-state index in [1.165, 1.54) is 52.0 Å². The molecule has 8 N–H and O–H groups in total. The molecule has 5 aromatic rings. The Kier molecular flexibility index (Phi) is 23.2. The third kappa shape index (κ3) is 16.4. The molecule has 4 amide bonds. The Balaban J connectivity index is 1.02. The van der Waals surface area contributed by atoms with E-state index in [1.54, 1.807) is 136 Å². The number of unbranched alkanes of at least 4 members (excludes halogenated alkanes) is 1. The average molecular weight is 1380 g/mol. The number of carbonyl (C=O) groups is 10. The van der Waals surface area contributed by atoms with Gasteiger partial charge in [0.15, 0.2) is 23.6 Å². The largest absolute Gasteiger partial charge is 0.508 e. The van der Waals surface area contributed by atoms with Crippen LogP contribution in [0, 0.1) is 16.7 Å². The fourth-order valence-corrected chi connectivity index (χ4v) is 14.1. The van der Waals surface area contributed by atoms with E-state index >= 15 is 4.79 Å². The molecule has 13 atom stereocenters. The van der Waals surface area contributed by atoms with Gasteiger partial charge in [0.05, 0.1) is 29.5 Å². The van der Waals surface area contributed by atoms with Gasteiger partial charge in [-0.2, -0.15) is 0 Å². The third-order valence-electron chi connectivity index (χ3n) is 19.1.